The van der Waals surface area contributed by atoms with Crippen molar-refractivity contribution in [2.45, 2.75) is 38.6 Å². The van der Waals surface area contributed by atoms with Gasteiger partial charge in [-0.05, 0) is 47.4 Å². The predicted molar refractivity (Wildman–Crippen MR) is 99.8 cm³/mol. The Morgan fingerprint density at radius 3 is 2.38 bits per heavy atom. The van der Waals surface area contributed by atoms with Crippen molar-refractivity contribution in [3.63, 3.8) is 0 Å². The number of amides is 1. The van der Waals surface area contributed by atoms with E-state index in [0.717, 1.165) is 12.1 Å². The molecule has 3 rings (SSSR count). The van der Waals surface area contributed by atoms with Gasteiger partial charge in [0, 0.05) is 6.42 Å². The number of tetrazole rings is 1. The van der Waals surface area contributed by atoms with E-state index < -0.39 is 0 Å². The number of nitrogens with zero attached hydrogens (tertiary/aromatic N) is 4. The lowest BCUT2D eigenvalue weighted by atomic mass is 9.93. The number of carbonyl (C=O) groups is 1. The minimum absolute atomic E-state index is 0.00388. The summed E-state index contributed by atoms with van der Waals surface area (Å²) in [6, 6.07) is 19.5. The van der Waals surface area contributed by atoms with Gasteiger partial charge in [0.25, 0.3) is 0 Å². The molecule has 2 atom stereocenters. The maximum absolute atomic E-state index is 12.6. The fraction of sp³-hybridized carbons (Fsp3) is 0.300. The zero-order valence-corrected chi connectivity index (χ0v) is 15.0. The molecule has 3 aromatic rings. The van der Waals surface area contributed by atoms with Gasteiger partial charge in [-0.15, -0.1) is 5.10 Å². The highest BCUT2D eigenvalue weighted by Crippen LogP contribution is 2.23. The van der Waals surface area contributed by atoms with Crippen LogP contribution in [-0.2, 0) is 4.79 Å². The summed E-state index contributed by atoms with van der Waals surface area (Å²) in [5.41, 5.74) is 2.05. The van der Waals surface area contributed by atoms with E-state index in [9.17, 15) is 4.79 Å². The molecule has 6 nitrogen and oxygen atoms in total. The first kappa shape index (κ1) is 17.8. The molecule has 1 aromatic heterocycles. The largest absolute Gasteiger partial charge is 0.346 e. The number of aromatic nitrogens is 4. The van der Waals surface area contributed by atoms with Gasteiger partial charge in [-0.25, -0.2) is 0 Å². The lowest BCUT2D eigenvalue weighted by molar-refractivity contribution is -0.122. The average molecular weight is 349 g/mol. The quantitative estimate of drug-likeness (QED) is 0.709. The molecule has 0 bridgehead atoms. The molecule has 0 aliphatic heterocycles. The van der Waals surface area contributed by atoms with Crippen LogP contribution in [0.2, 0.25) is 0 Å². The third-order valence-corrected chi connectivity index (χ3v) is 4.45. The van der Waals surface area contributed by atoms with E-state index in [1.54, 1.807) is 4.68 Å². The number of carbonyl (C=O) groups excluding carboxylic acids is 1. The van der Waals surface area contributed by atoms with E-state index in [4.69, 9.17) is 0 Å². The highest BCUT2D eigenvalue weighted by atomic mass is 16.1. The van der Waals surface area contributed by atoms with Crippen LogP contribution in [0.5, 0.6) is 0 Å². The Morgan fingerprint density at radius 1 is 1.08 bits per heavy atom. The summed E-state index contributed by atoms with van der Waals surface area (Å²) in [7, 11) is 0. The van der Waals surface area contributed by atoms with Crippen LogP contribution in [0.4, 0.5) is 0 Å². The van der Waals surface area contributed by atoms with Crippen molar-refractivity contribution in [2.75, 3.05) is 0 Å². The lowest BCUT2D eigenvalue weighted by Gasteiger charge is -2.18. The van der Waals surface area contributed by atoms with Crippen LogP contribution in [-0.4, -0.2) is 26.1 Å². The van der Waals surface area contributed by atoms with Crippen molar-refractivity contribution in [2.24, 2.45) is 0 Å². The van der Waals surface area contributed by atoms with Gasteiger partial charge in [0.2, 0.25) is 5.91 Å². The second-order valence-corrected chi connectivity index (χ2v) is 6.29. The SMILES string of the molecule is CC[C@@H](CC(=O)N[C@H](C)c1nnnn1-c1ccccc1)c1ccccc1. The third kappa shape index (κ3) is 4.14. The molecule has 0 radical (unpaired) electrons. The second-order valence-electron chi connectivity index (χ2n) is 6.29. The molecule has 6 heteroatoms. The van der Waals surface area contributed by atoms with E-state index in [1.807, 2.05) is 55.5 Å². The van der Waals surface area contributed by atoms with Crippen molar-refractivity contribution in [3.8, 4) is 5.69 Å². The Labute approximate surface area is 153 Å². The molecule has 1 N–H and O–H groups in total. The Kier molecular flexibility index (Phi) is 5.73. The number of nitrogens with one attached hydrogen (secondary N) is 1. The summed E-state index contributed by atoms with van der Waals surface area (Å²) >= 11 is 0. The van der Waals surface area contributed by atoms with Crippen LogP contribution in [0.15, 0.2) is 60.7 Å². The first-order valence-electron chi connectivity index (χ1n) is 8.87. The van der Waals surface area contributed by atoms with Gasteiger partial charge in [0.1, 0.15) is 0 Å². The minimum Gasteiger partial charge on any atom is -0.346 e. The Bertz CT molecular complexity index is 832. The predicted octanol–water partition coefficient (Wildman–Crippen LogP) is 3.42. The van der Waals surface area contributed by atoms with Crippen LogP contribution >= 0.6 is 0 Å². The van der Waals surface area contributed by atoms with Crippen molar-refractivity contribution < 1.29 is 4.79 Å². The number of hydrogen-bond donors (Lipinski definition) is 1. The molecule has 0 aliphatic carbocycles. The van der Waals surface area contributed by atoms with Gasteiger partial charge in [-0.2, -0.15) is 4.68 Å². The zero-order valence-electron chi connectivity index (χ0n) is 15.0. The highest BCUT2D eigenvalue weighted by Gasteiger charge is 2.20. The van der Waals surface area contributed by atoms with Crippen LogP contribution in [0.1, 0.15) is 50.0 Å². The molecule has 0 unspecified atom stereocenters. The fourth-order valence-corrected chi connectivity index (χ4v) is 3.03. The zero-order chi connectivity index (χ0) is 18.4. The number of rotatable bonds is 7. The van der Waals surface area contributed by atoms with Crippen molar-refractivity contribution >= 4 is 5.91 Å². The highest BCUT2D eigenvalue weighted by molar-refractivity contribution is 5.77. The topological polar surface area (TPSA) is 72.7 Å². The number of benzene rings is 2. The normalized spacial score (nSPS) is 13.2. The molecular formula is C20H23N5O. The molecule has 134 valence electrons. The summed E-state index contributed by atoms with van der Waals surface area (Å²) in [4.78, 5) is 12.6. The van der Waals surface area contributed by atoms with Crippen molar-refractivity contribution in [1.82, 2.24) is 25.5 Å². The maximum Gasteiger partial charge on any atom is 0.221 e. The summed E-state index contributed by atoms with van der Waals surface area (Å²) in [6.07, 6.45) is 1.35. The van der Waals surface area contributed by atoms with Crippen molar-refractivity contribution in [3.05, 3.63) is 72.1 Å². The Hall–Kier alpha value is -3.02. The van der Waals surface area contributed by atoms with E-state index >= 15 is 0 Å². The lowest BCUT2D eigenvalue weighted by Crippen LogP contribution is -2.29. The standard InChI is InChI=1S/C20H23N5O/c1-3-16(17-10-6-4-7-11-17)14-19(26)21-15(2)20-22-23-24-25(20)18-12-8-5-9-13-18/h4-13,15-16H,3,14H2,1-2H3,(H,21,26)/t15-,16+/m1/s1. The van der Waals surface area contributed by atoms with E-state index in [2.05, 4.69) is 39.9 Å². The van der Waals surface area contributed by atoms with E-state index in [-0.39, 0.29) is 17.9 Å². The molecule has 26 heavy (non-hydrogen) atoms. The Balaban J connectivity index is 1.68. The number of para-hydroxylation sites is 1. The van der Waals surface area contributed by atoms with Gasteiger partial charge in [-0.1, -0.05) is 55.5 Å². The van der Waals surface area contributed by atoms with E-state index in [0.29, 0.717) is 12.2 Å². The third-order valence-electron chi connectivity index (χ3n) is 4.45. The van der Waals surface area contributed by atoms with Crippen LogP contribution in [0.3, 0.4) is 0 Å². The maximum atomic E-state index is 12.6. The molecule has 2 aromatic carbocycles. The molecule has 0 spiro atoms. The van der Waals surface area contributed by atoms with Gasteiger partial charge >= 0.3 is 0 Å². The smallest absolute Gasteiger partial charge is 0.221 e. The molecule has 0 fully saturated rings. The summed E-state index contributed by atoms with van der Waals surface area (Å²) < 4.78 is 1.65. The first-order valence-corrected chi connectivity index (χ1v) is 8.87. The second kappa shape index (κ2) is 8.38. The summed E-state index contributed by atoms with van der Waals surface area (Å²) in [5, 5.41) is 14.9. The van der Waals surface area contributed by atoms with Crippen LogP contribution < -0.4 is 5.32 Å². The summed E-state index contributed by atoms with van der Waals surface area (Å²) in [6.45, 7) is 4.00. The molecular weight excluding hydrogens is 326 g/mol. The molecule has 0 saturated carbocycles. The molecule has 0 aliphatic rings. The minimum atomic E-state index is -0.286. The van der Waals surface area contributed by atoms with E-state index in [1.165, 1.54) is 5.56 Å². The fourth-order valence-electron chi connectivity index (χ4n) is 3.03. The monoisotopic (exact) mass is 349 g/mol. The van der Waals surface area contributed by atoms with Gasteiger partial charge < -0.3 is 5.32 Å². The molecule has 0 saturated heterocycles. The number of hydrogen-bond acceptors (Lipinski definition) is 4. The van der Waals surface area contributed by atoms with Crippen LogP contribution in [0, 0.1) is 0 Å². The first-order chi connectivity index (χ1) is 12.7. The van der Waals surface area contributed by atoms with Crippen LogP contribution in [0.25, 0.3) is 5.69 Å². The Morgan fingerprint density at radius 2 is 1.73 bits per heavy atom. The van der Waals surface area contributed by atoms with Gasteiger partial charge in [0.05, 0.1) is 11.7 Å². The van der Waals surface area contributed by atoms with Crippen molar-refractivity contribution in [1.29, 1.82) is 0 Å². The summed E-state index contributed by atoms with van der Waals surface area (Å²) in [5.74, 6) is 0.807. The molecule has 1 heterocycles. The van der Waals surface area contributed by atoms with Gasteiger partial charge in [-0.3, -0.25) is 4.79 Å². The molecule has 1 amide bonds. The average Bonchev–Trinajstić information content (AvgIpc) is 3.17. The van der Waals surface area contributed by atoms with Gasteiger partial charge in [0.15, 0.2) is 5.82 Å².